The van der Waals surface area contributed by atoms with Crippen LogP contribution in [0, 0.1) is 0 Å². The molecule has 1 aromatic carbocycles. The van der Waals surface area contributed by atoms with Gasteiger partial charge in [0.15, 0.2) is 0 Å². The van der Waals surface area contributed by atoms with Crippen LogP contribution in [-0.4, -0.2) is 43.8 Å². The van der Waals surface area contributed by atoms with E-state index in [2.05, 4.69) is 20.2 Å². The van der Waals surface area contributed by atoms with Crippen molar-refractivity contribution in [1.82, 2.24) is 14.9 Å². The van der Waals surface area contributed by atoms with Crippen LogP contribution in [0.4, 0.5) is 5.13 Å². The Labute approximate surface area is 162 Å². The van der Waals surface area contributed by atoms with Crippen LogP contribution in [0.3, 0.4) is 0 Å². The summed E-state index contributed by atoms with van der Waals surface area (Å²) in [6.07, 6.45) is 1.68. The van der Waals surface area contributed by atoms with E-state index in [1.807, 2.05) is 13.8 Å². The topological polar surface area (TPSA) is 110 Å². The smallest absolute Gasteiger partial charge is 0.257 e. The molecule has 0 spiro atoms. The maximum Gasteiger partial charge on any atom is 0.257 e. The first-order chi connectivity index (χ1) is 12.8. The van der Waals surface area contributed by atoms with Crippen LogP contribution >= 0.6 is 11.3 Å². The Bertz CT molecular complexity index is 905. The minimum atomic E-state index is -3.72. The lowest BCUT2D eigenvalue weighted by Crippen LogP contribution is -2.32. The highest BCUT2D eigenvalue weighted by Gasteiger charge is 2.21. The molecule has 10 heteroatoms. The van der Waals surface area contributed by atoms with Gasteiger partial charge >= 0.3 is 0 Å². The van der Waals surface area contributed by atoms with E-state index in [4.69, 9.17) is 4.74 Å². The number of aromatic nitrogens is 2. The Hall–Kier alpha value is -1.88. The molecule has 0 aliphatic carbocycles. The Kier molecular flexibility index (Phi) is 6.20. The molecule has 2 N–H and O–H groups in total. The maximum absolute atomic E-state index is 12.5. The molecule has 1 aromatic heterocycles. The van der Waals surface area contributed by atoms with Gasteiger partial charge in [-0.1, -0.05) is 31.3 Å². The molecular formula is C17H22N4O4S2. The lowest BCUT2D eigenvalue weighted by atomic mass is 10.2. The Morgan fingerprint density at radius 1 is 1.37 bits per heavy atom. The summed E-state index contributed by atoms with van der Waals surface area (Å²) in [5, 5.41) is 11.8. The van der Waals surface area contributed by atoms with Gasteiger partial charge in [-0.2, -0.15) is 0 Å². The van der Waals surface area contributed by atoms with Crippen LogP contribution in [0.15, 0.2) is 29.2 Å². The second-order valence-corrected chi connectivity index (χ2v) is 9.35. The zero-order valence-electron chi connectivity index (χ0n) is 15.1. The highest BCUT2D eigenvalue weighted by molar-refractivity contribution is 7.89. The number of carbonyl (C=O) groups is 1. The molecule has 2 aromatic rings. The summed E-state index contributed by atoms with van der Waals surface area (Å²) in [6.45, 7) is 4.86. The van der Waals surface area contributed by atoms with Crippen LogP contribution < -0.4 is 10.0 Å². The molecule has 0 radical (unpaired) electrons. The summed E-state index contributed by atoms with van der Waals surface area (Å²) in [6, 6.07) is 5.89. The normalized spacial score (nSPS) is 17.4. The fourth-order valence-corrected chi connectivity index (χ4v) is 4.44. The third-order valence-electron chi connectivity index (χ3n) is 4.09. The average Bonchev–Trinajstić information content (AvgIpc) is 3.32. The monoisotopic (exact) mass is 410 g/mol. The maximum atomic E-state index is 12.5. The van der Waals surface area contributed by atoms with E-state index >= 15 is 0 Å². The van der Waals surface area contributed by atoms with E-state index in [0.717, 1.165) is 17.8 Å². The van der Waals surface area contributed by atoms with Crippen molar-refractivity contribution in [1.29, 1.82) is 0 Å². The molecule has 8 nitrogen and oxygen atoms in total. The van der Waals surface area contributed by atoms with Crippen molar-refractivity contribution in [2.45, 2.75) is 43.6 Å². The fraction of sp³-hybridized carbons (Fsp3) is 0.471. The summed E-state index contributed by atoms with van der Waals surface area (Å²) < 4.78 is 32.9. The van der Waals surface area contributed by atoms with Gasteiger partial charge in [-0.05, 0) is 31.0 Å². The van der Waals surface area contributed by atoms with Crippen molar-refractivity contribution in [2.75, 3.05) is 18.5 Å². The Balaban J connectivity index is 1.68. The number of rotatable bonds is 7. The van der Waals surface area contributed by atoms with E-state index < -0.39 is 15.9 Å². The summed E-state index contributed by atoms with van der Waals surface area (Å²) >= 11 is 1.30. The molecule has 0 bridgehead atoms. The number of ether oxygens (including phenoxy) is 1. The predicted molar refractivity (Wildman–Crippen MR) is 103 cm³/mol. The lowest BCUT2D eigenvalue weighted by molar-refractivity contribution is 0.102. The first-order valence-electron chi connectivity index (χ1n) is 8.71. The first kappa shape index (κ1) is 19.9. The highest BCUT2D eigenvalue weighted by atomic mass is 32.2. The Morgan fingerprint density at radius 2 is 2.19 bits per heavy atom. The van der Waals surface area contributed by atoms with Gasteiger partial charge in [0, 0.05) is 24.6 Å². The van der Waals surface area contributed by atoms with Crippen molar-refractivity contribution in [3.05, 3.63) is 34.8 Å². The third kappa shape index (κ3) is 5.10. The molecular weight excluding hydrogens is 388 g/mol. The van der Waals surface area contributed by atoms with Gasteiger partial charge in [0.2, 0.25) is 15.2 Å². The summed E-state index contributed by atoms with van der Waals surface area (Å²) in [5.41, 5.74) is 0.233. The van der Waals surface area contributed by atoms with E-state index in [-0.39, 0.29) is 29.0 Å². The molecule has 3 rings (SSSR count). The summed E-state index contributed by atoms with van der Waals surface area (Å²) in [4.78, 5) is 12.5. The average molecular weight is 411 g/mol. The molecule has 146 valence electrons. The fourth-order valence-electron chi connectivity index (χ4n) is 2.58. The van der Waals surface area contributed by atoms with E-state index in [0.29, 0.717) is 11.7 Å². The van der Waals surface area contributed by atoms with Crippen LogP contribution in [0.2, 0.25) is 0 Å². The number of hydrogen-bond acceptors (Lipinski definition) is 7. The standard InChI is InChI=1S/C17H22N4O4S2/c1-11(2)16-20-21-17(26-16)19-15(22)12-5-3-7-14(9-12)27(23,24)18-10-13-6-4-8-25-13/h3,5,7,9,11,13,18H,4,6,8,10H2,1-2H3,(H,19,21,22)/t13-/m1/s1. The highest BCUT2D eigenvalue weighted by Crippen LogP contribution is 2.23. The van der Waals surface area contributed by atoms with Gasteiger partial charge < -0.3 is 4.74 Å². The van der Waals surface area contributed by atoms with Gasteiger partial charge in [-0.3, -0.25) is 10.1 Å². The third-order valence-corrected chi connectivity index (χ3v) is 6.65. The van der Waals surface area contributed by atoms with Crippen molar-refractivity contribution in [3.63, 3.8) is 0 Å². The van der Waals surface area contributed by atoms with Crippen LogP contribution in [0.5, 0.6) is 0 Å². The largest absolute Gasteiger partial charge is 0.377 e. The van der Waals surface area contributed by atoms with Gasteiger partial charge in [-0.15, -0.1) is 10.2 Å². The molecule has 1 atom stereocenters. The first-order valence-corrected chi connectivity index (χ1v) is 11.0. The number of sulfonamides is 1. The van der Waals surface area contributed by atoms with Gasteiger partial charge in [0.25, 0.3) is 5.91 Å². The second-order valence-electron chi connectivity index (χ2n) is 6.57. The van der Waals surface area contributed by atoms with E-state index in [9.17, 15) is 13.2 Å². The second kappa shape index (κ2) is 8.42. The summed E-state index contributed by atoms with van der Waals surface area (Å²) in [7, 11) is -3.72. The zero-order valence-corrected chi connectivity index (χ0v) is 16.8. The number of benzene rings is 1. The van der Waals surface area contributed by atoms with E-state index in [1.54, 1.807) is 6.07 Å². The minimum Gasteiger partial charge on any atom is -0.377 e. The SMILES string of the molecule is CC(C)c1nnc(NC(=O)c2cccc(S(=O)(=O)NC[C@H]3CCCO3)c2)s1. The van der Waals surface area contributed by atoms with Gasteiger partial charge in [-0.25, -0.2) is 13.1 Å². The molecule has 1 fully saturated rings. The number of nitrogens with one attached hydrogen (secondary N) is 2. The number of amides is 1. The number of hydrogen-bond donors (Lipinski definition) is 2. The zero-order chi connectivity index (χ0) is 19.4. The van der Waals surface area contributed by atoms with Crippen molar-refractivity contribution in [2.24, 2.45) is 0 Å². The van der Waals surface area contributed by atoms with Crippen molar-refractivity contribution >= 4 is 32.4 Å². The molecule has 1 aliphatic rings. The Morgan fingerprint density at radius 3 is 2.85 bits per heavy atom. The van der Waals surface area contributed by atoms with Crippen LogP contribution in [0.25, 0.3) is 0 Å². The molecule has 0 unspecified atom stereocenters. The molecule has 1 aliphatic heterocycles. The quantitative estimate of drug-likeness (QED) is 0.725. The van der Waals surface area contributed by atoms with Crippen LogP contribution in [-0.2, 0) is 14.8 Å². The van der Waals surface area contributed by atoms with E-state index in [1.165, 1.54) is 29.5 Å². The minimum absolute atomic E-state index is 0.0354. The van der Waals surface area contributed by atoms with Crippen molar-refractivity contribution < 1.29 is 17.9 Å². The summed E-state index contributed by atoms with van der Waals surface area (Å²) in [5.74, 6) is -0.214. The molecule has 0 saturated carbocycles. The number of carbonyl (C=O) groups excluding carboxylic acids is 1. The van der Waals surface area contributed by atoms with Gasteiger partial charge in [0.05, 0.1) is 11.0 Å². The molecule has 1 amide bonds. The molecule has 1 saturated heterocycles. The molecule has 2 heterocycles. The number of anilines is 1. The number of nitrogens with zero attached hydrogens (tertiary/aromatic N) is 2. The molecule has 27 heavy (non-hydrogen) atoms. The van der Waals surface area contributed by atoms with Gasteiger partial charge in [0.1, 0.15) is 5.01 Å². The lowest BCUT2D eigenvalue weighted by Gasteiger charge is -2.12. The predicted octanol–water partition coefficient (Wildman–Crippen LogP) is 2.37. The van der Waals surface area contributed by atoms with Crippen molar-refractivity contribution in [3.8, 4) is 0 Å². The van der Waals surface area contributed by atoms with Crippen LogP contribution in [0.1, 0.15) is 48.0 Å².